The highest BCUT2D eigenvalue weighted by Crippen LogP contribution is 2.35. The summed E-state index contributed by atoms with van der Waals surface area (Å²) in [7, 11) is 1.45. The fourth-order valence-electron chi connectivity index (χ4n) is 4.94. The Hall–Kier alpha value is -2.36. The van der Waals surface area contributed by atoms with Gasteiger partial charge in [-0.05, 0) is 36.6 Å². The number of benzene rings is 1. The molecule has 0 unspecified atom stereocenters. The molecule has 2 fully saturated rings. The van der Waals surface area contributed by atoms with Crippen LogP contribution in [0.2, 0.25) is 0 Å². The van der Waals surface area contributed by atoms with Gasteiger partial charge in [-0.25, -0.2) is 0 Å². The van der Waals surface area contributed by atoms with Crippen LogP contribution < -0.4 is 9.47 Å². The van der Waals surface area contributed by atoms with E-state index in [2.05, 4.69) is 0 Å². The molecule has 1 amide bonds. The number of aliphatic hydroxyl groups is 2. The van der Waals surface area contributed by atoms with Crippen molar-refractivity contribution >= 4 is 12.2 Å². The Morgan fingerprint density at radius 3 is 2.56 bits per heavy atom. The van der Waals surface area contributed by atoms with Crippen LogP contribution in [0, 0.1) is 6.92 Å². The molecule has 0 saturated carbocycles. The number of methoxy groups -OCH3 is 1. The van der Waals surface area contributed by atoms with Crippen molar-refractivity contribution in [3.8, 4) is 11.5 Å². The van der Waals surface area contributed by atoms with Gasteiger partial charge in [-0.15, -0.1) is 0 Å². The van der Waals surface area contributed by atoms with Crippen LogP contribution in [0.25, 0.3) is 0 Å². The van der Waals surface area contributed by atoms with Gasteiger partial charge in [0, 0.05) is 26.6 Å². The molecule has 2 saturated heterocycles. The Morgan fingerprint density at radius 2 is 1.90 bits per heavy atom. The van der Waals surface area contributed by atoms with E-state index in [9.17, 15) is 19.8 Å². The van der Waals surface area contributed by atoms with Crippen LogP contribution in [-0.4, -0.2) is 111 Å². The van der Waals surface area contributed by atoms with E-state index in [0.29, 0.717) is 30.8 Å². The fourth-order valence-corrected chi connectivity index (χ4v) is 4.94. The second-order valence-electron chi connectivity index (χ2n) is 9.54. The summed E-state index contributed by atoms with van der Waals surface area (Å²) in [4.78, 5) is 26.6. The molecular formula is C26H37NO12. The number of fused-ring (bicyclic) bond motifs is 2. The van der Waals surface area contributed by atoms with Crippen LogP contribution in [0.5, 0.6) is 11.5 Å². The average molecular weight is 556 g/mol. The number of aryl methyl sites for hydroxylation is 1. The van der Waals surface area contributed by atoms with Crippen LogP contribution in [0.4, 0.5) is 0 Å². The van der Waals surface area contributed by atoms with Crippen molar-refractivity contribution in [1.82, 2.24) is 4.90 Å². The number of aldehydes is 1. The molecule has 39 heavy (non-hydrogen) atoms. The quantitative estimate of drug-likeness (QED) is 0.340. The highest BCUT2D eigenvalue weighted by molar-refractivity contribution is 5.81. The Morgan fingerprint density at radius 1 is 1.18 bits per heavy atom. The van der Waals surface area contributed by atoms with E-state index >= 15 is 0 Å². The van der Waals surface area contributed by atoms with Gasteiger partial charge in [0.2, 0.25) is 6.79 Å². The third-order valence-corrected chi connectivity index (χ3v) is 6.97. The number of hydrogen-bond donors (Lipinski definition) is 2. The molecule has 2 N–H and O–H groups in total. The number of rotatable bonds is 12. The molecule has 1 aromatic carbocycles. The third kappa shape index (κ3) is 6.69. The van der Waals surface area contributed by atoms with Crippen molar-refractivity contribution in [2.45, 2.75) is 76.1 Å². The zero-order chi connectivity index (χ0) is 27.9. The van der Waals surface area contributed by atoms with Crippen molar-refractivity contribution in [2.75, 3.05) is 40.6 Å². The molecular weight excluding hydrogens is 518 g/mol. The van der Waals surface area contributed by atoms with E-state index in [0.717, 1.165) is 11.1 Å². The molecule has 1 aromatic rings. The highest BCUT2D eigenvalue weighted by Gasteiger charge is 2.50. The molecule has 0 radical (unpaired) electrons. The van der Waals surface area contributed by atoms with Gasteiger partial charge in [0.05, 0.1) is 6.61 Å². The van der Waals surface area contributed by atoms with E-state index in [1.54, 1.807) is 0 Å². The Balaban J connectivity index is 1.52. The van der Waals surface area contributed by atoms with Crippen molar-refractivity contribution in [2.24, 2.45) is 0 Å². The first kappa shape index (κ1) is 29.6. The fraction of sp³-hybridized carbons (Fsp3) is 0.692. The summed E-state index contributed by atoms with van der Waals surface area (Å²) in [5.41, 5.74) is 1.74. The lowest BCUT2D eigenvalue weighted by Crippen LogP contribution is -2.62. The minimum Gasteiger partial charge on any atom is -0.454 e. The van der Waals surface area contributed by atoms with Gasteiger partial charge in [-0.1, -0.05) is 6.92 Å². The normalized spacial score (nSPS) is 27.8. The molecule has 13 nitrogen and oxygen atoms in total. The van der Waals surface area contributed by atoms with Crippen LogP contribution in [-0.2, 0) is 44.6 Å². The molecule has 13 heteroatoms. The van der Waals surface area contributed by atoms with Crippen molar-refractivity contribution < 1.29 is 57.7 Å². The number of carbonyl (C=O) groups excluding carboxylic acids is 2. The van der Waals surface area contributed by atoms with E-state index in [4.69, 9.17) is 37.9 Å². The summed E-state index contributed by atoms with van der Waals surface area (Å²) in [6, 6.07) is 3.67. The van der Waals surface area contributed by atoms with E-state index in [-0.39, 0.29) is 33.3 Å². The second-order valence-corrected chi connectivity index (χ2v) is 9.54. The maximum Gasteiger partial charge on any atom is 0.254 e. The van der Waals surface area contributed by atoms with Gasteiger partial charge in [0.1, 0.15) is 50.4 Å². The first-order valence-corrected chi connectivity index (χ1v) is 13.0. The van der Waals surface area contributed by atoms with E-state index in [1.807, 2.05) is 26.0 Å². The Bertz CT molecular complexity index is 977. The Labute approximate surface area is 226 Å². The monoisotopic (exact) mass is 555 g/mol. The minimum atomic E-state index is -1.69. The van der Waals surface area contributed by atoms with Crippen LogP contribution >= 0.6 is 0 Å². The molecule has 0 spiro atoms. The summed E-state index contributed by atoms with van der Waals surface area (Å²) in [5, 5.41) is 21.1. The zero-order valence-electron chi connectivity index (χ0n) is 22.4. The first-order chi connectivity index (χ1) is 18.9. The zero-order valence-corrected chi connectivity index (χ0v) is 22.4. The second kappa shape index (κ2) is 13.8. The lowest BCUT2D eigenvalue weighted by atomic mass is 9.98. The van der Waals surface area contributed by atoms with Crippen LogP contribution in [0.3, 0.4) is 0 Å². The average Bonchev–Trinajstić information content (AvgIpc) is 3.24. The SMILES string of the molecule is CCCN(Cc1cc2c(cc1C)OCO2)C(=O)[C@@H](O)[C@@H](CC=O)O[C@@H]1O[C@H](CO)[C@@H](OC)[C@@H]2OCOCO[C@@H]12. The van der Waals surface area contributed by atoms with Gasteiger partial charge in [0.25, 0.3) is 5.91 Å². The number of ether oxygens (including phenoxy) is 8. The molecule has 3 heterocycles. The smallest absolute Gasteiger partial charge is 0.254 e. The third-order valence-electron chi connectivity index (χ3n) is 6.97. The minimum absolute atomic E-state index is 0.0734. The van der Waals surface area contributed by atoms with E-state index < -0.39 is 55.4 Å². The number of aliphatic hydroxyl groups excluding tert-OH is 2. The predicted octanol–water partition coefficient (Wildman–Crippen LogP) is 0.245. The van der Waals surface area contributed by atoms with Gasteiger partial charge in [-0.2, -0.15) is 0 Å². The number of nitrogens with zero attached hydrogens (tertiary/aromatic N) is 1. The molecule has 0 aromatic heterocycles. The van der Waals surface area contributed by atoms with Crippen molar-refractivity contribution in [3.63, 3.8) is 0 Å². The predicted molar refractivity (Wildman–Crippen MR) is 132 cm³/mol. The van der Waals surface area contributed by atoms with Crippen molar-refractivity contribution in [3.05, 3.63) is 23.3 Å². The van der Waals surface area contributed by atoms with Crippen LogP contribution in [0.1, 0.15) is 30.9 Å². The Kier molecular flexibility index (Phi) is 10.5. The van der Waals surface area contributed by atoms with Crippen molar-refractivity contribution in [1.29, 1.82) is 0 Å². The molecule has 4 rings (SSSR count). The van der Waals surface area contributed by atoms with Gasteiger partial charge in [-0.3, -0.25) is 4.79 Å². The molecule has 3 aliphatic rings. The number of carbonyl (C=O) groups is 2. The molecule has 7 atom stereocenters. The van der Waals surface area contributed by atoms with Crippen LogP contribution in [0.15, 0.2) is 12.1 Å². The van der Waals surface area contributed by atoms with E-state index in [1.165, 1.54) is 12.0 Å². The molecule has 3 aliphatic heterocycles. The summed E-state index contributed by atoms with van der Waals surface area (Å²) in [5.74, 6) is 0.624. The lowest BCUT2D eigenvalue weighted by Gasteiger charge is -2.44. The van der Waals surface area contributed by atoms with Gasteiger partial charge >= 0.3 is 0 Å². The standard InChI is InChI=1S/C26H37NO12/c1-4-6-27(10-16-9-19-18(8-15(16)2)34-14-35-19)25(31)21(30)17(5-7-28)38-26-24-23(36-12-33-13-37-24)22(32-3)20(11-29)39-26/h7-9,17,20-24,26,29-30H,4-6,10-14H2,1-3H3/t17-,20-,21+,22-,23+,24-,26-/m1/s1. The first-order valence-electron chi connectivity index (χ1n) is 13.0. The maximum atomic E-state index is 13.5. The number of hydrogen-bond acceptors (Lipinski definition) is 12. The summed E-state index contributed by atoms with van der Waals surface area (Å²) < 4.78 is 45.0. The van der Waals surface area contributed by atoms with Gasteiger partial charge in [0.15, 0.2) is 23.9 Å². The molecule has 0 aliphatic carbocycles. The lowest BCUT2D eigenvalue weighted by molar-refractivity contribution is -0.325. The summed E-state index contributed by atoms with van der Waals surface area (Å²) in [6.07, 6.45) is -6.38. The number of amides is 1. The summed E-state index contributed by atoms with van der Waals surface area (Å²) in [6.45, 7) is 3.92. The summed E-state index contributed by atoms with van der Waals surface area (Å²) >= 11 is 0. The maximum absolute atomic E-state index is 13.5. The largest absolute Gasteiger partial charge is 0.454 e. The van der Waals surface area contributed by atoms with Gasteiger partial charge < -0.3 is 57.8 Å². The molecule has 218 valence electrons. The highest BCUT2D eigenvalue weighted by atomic mass is 16.8. The topological polar surface area (TPSA) is 152 Å². The molecule has 0 bridgehead atoms.